The molecule has 1 aromatic heterocycles. The van der Waals surface area contributed by atoms with E-state index in [0.717, 1.165) is 29.5 Å². The molecule has 3 nitrogen and oxygen atoms in total. The average molecular weight is 280 g/mol. The lowest BCUT2D eigenvalue weighted by Crippen LogP contribution is -2.33. The van der Waals surface area contributed by atoms with Crippen molar-refractivity contribution >= 4 is 5.88 Å². The minimum atomic E-state index is 0.575. The van der Waals surface area contributed by atoms with Crippen molar-refractivity contribution in [1.82, 2.24) is 4.98 Å². The van der Waals surface area contributed by atoms with E-state index in [-0.39, 0.29) is 0 Å². The molecule has 108 valence electrons. The van der Waals surface area contributed by atoms with Gasteiger partial charge < -0.3 is 9.32 Å². The molecule has 4 rings (SSSR count). The number of allylic oxidation sites excluding steroid dienone is 1. The Morgan fingerprint density at radius 3 is 2.67 bits per heavy atom. The largest absolute Gasteiger partial charge is 0.420 e. The molecule has 1 aromatic carbocycles. The predicted octanol–water partition coefficient (Wildman–Crippen LogP) is 4.55. The van der Waals surface area contributed by atoms with Gasteiger partial charge in [-0.05, 0) is 25.0 Å². The quantitative estimate of drug-likeness (QED) is 0.808. The number of fused-ring (bicyclic) bond motifs is 1. The van der Waals surface area contributed by atoms with Gasteiger partial charge in [0.2, 0.25) is 11.8 Å². The number of anilines is 1. The highest BCUT2D eigenvalue weighted by Crippen LogP contribution is 2.35. The molecule has 21 heavy (non-hydrogen) atoms. The molecule has 0 radical (unpaired) electrons. The van der Waals surface area contributed by atoms with Crippen molar-refractivity contribution in [2.24, 2.45) is 0 Å². The Morgan fingerprint density at radius 1 is 1.05 bits per heavy atom. The molecule has 3 heteroatoms. The maximum Gasteiger partial charge on any atom is 0.229 e. The van der Waals surface area contributed by atoms with Crippen molar-refractivity contribution in [3.8, 4) is 11.5 Å². The zero-order valence-electron chi connectivity index (χ0n) is 12.2. The molecule has 1 fully saturated rings. The lowest BCUT2D eigenvalue weighted by Gasteiger charge is -2.33. The van der Waals surface area contributed by atoms with Gasteiger partial charge in [0.15, 0.2) is 0 Å². The van der Waals surface area contributed by atoms with E-state index in [1.165, 1.54) is 32.1 Å². The van der Waals surface area contributed by atoms with Crippen LogP contribution in [-0.2, 0) is 6.42 Å². The first-order valence-corrected chi connectivity index (χ1v) is 7.92. The number of oxazole rings is 1. The van der Waals surface area contributed by atoms with Gasteiger partial charge >= 0.3 is 0 Å². The number of rotatable bonds is 2. The van der Waals surface area contributed by atoms with Gasteiger partial charge in [0.25, 0.3) is 0 Å². The van der Waals surface area contributed by atoms with E-state index < -0.39 is 0 Å². The third kappa shape index (κ3) is 2.37. The zero-order chi connectivity index (χ0) is 14.1. The maximum atomic E-state index is 6.12. The third-order valence-corrected chi connectivity index (χ3v) is 4.48. The van der Waals surface area contributed by atoms with Crippen molar-refractivity contribution < 1.29 is 4.42 Å². The summed E-state index contributed by atoms with van der Waals surface area (Å²) in [5, 5.41) is 0. The molecule has 0 amide bonds. The topological polar surface area (TPSA) is 29.3 Å². The molecule has 1 saturated carbocycles. The minimum absolute atomic E-state index is 0.575. The molecule has 0 saturated heterocycles. The van der Waals surface area contributed by atoms with Crippen LogP contribution < -0.4 is 4.90 Å². The Bertz CT molecular complexity index is 638. The Labute approximate surface area is 125 Å². The van der Waals surface area contributed by atoms with Crippen molar-refractivity contribution in [1.29, 1.82) is 0 Å². The summed E-state index contributed by atoms with van der Waals surface area (Å²) in [6, 6.07) is 10.7. The second-order valence-corrected chi connectivity index (χ2v) is 5.92. The van der Waals surface area contributed by atoms with Crippen LogP contribution in [0.3, 0.4) is 0 Å². The van der Waals surface area contributed by atoms with Gasteiger partial charge in [-0.15, -0.1) is 0 Å². The summed E-state index contributed by atoms with van der Waals surface area (Å²) >= 11 is 0. The molecule has 1 aliphatic heterocycles. The lowest BCUT2D eigenvalue weighted by molar-refractivity contribution is 0.415. The smallest absolute Gasteiger partial charge is 0.229 e. The van der Waals surface area contributed by atoms with Crippen LogP contribution in [0.2, 0.25) is 0 Å². The molecular formula is C18H20N2O. The molecule has 2 aromatic rings. The van der Waals surface area contributed by atoms with Gasteiger partial charge in [-0.25, -0.2) is 4.98 Å². The van der Waals surface area contributed by atoms with Crippen LogP contribution in [0, 0.1) is 0 Å². The monoisotopic (exact) mass is 280 g/mol. The summed E-state index contributed by atoms with van der Waals surface area (Å²) in [5.41, 5.74) is 2.12. The van der Waals surface area contributed by atoms with E-state index in [2.05, 4.69) is 29.3 Å². The van der Waals surface area contributed by atoms with Gasteiger partial charge in [-0.3, -0.25) is 0 Å². The Kier molecular flexibility index (Phi) is 3.26. The molecule has 0 spiro atoms. The molecule has 0 bridgehead atoms. The van der Waals surface area contributed by atoms with Crippen LogP contribution in [0.4, 0.5) is 5.88 Å². The van der Waals surface area contributed by atoms with E-state index in [4.69, 9.17) is 9.40 Å². The van der Waals surface area contributed by atoms with Crippen LogP contribution in [0.5, 0.6) is 0 Å². The van der Waals surface area contributed by atoms with Crippen molar-refractivity contribution in [3.63, 3.8) is 0 Å². The number of nitrogens with zero attached hydrogens (tertiary/aromatic N) is 2. The molecule has 0 N–H and O–H groups in total. The van der Waals surface area contributed by atoms with Crippen LogP contribution >= 0.6 is 0 Å². The number of hydrogen-bond acceptors (Lipinski definition) is 3. The van der Waals surface area contributed by atoms with E-state index in [9.17, 15) is 0 Å². The second kappa shape index (κ2) is 5.40. The SMILES string of the molecule is C1=CN(C2CCCCC2)c2oc(-c3ccccc3)nc2C1. The first-order valence-electron chi connectivity index (χ1n) is 7.92. The van der Waals surface area contributed by atoms with Crippen LogP contribution in [0.25, 0.3) is 11.5 Å². The Balaban J connectivity index is 1.67. The van der Waals surface area contributed by atoms with E-state index in [0.29, 0.717) is 6.04 Å². The minimum Gasteiger partial charge on any atom is -0.420 e. The fourth-order valence-corrected chi connectivity index (χ4v) is 3.37. The standard InChI is InChI=1S/C18H20N2O/c1-3-8-14(9-4-1)17-19-16-12-7-13-20(18(16)21-17)15-10-5-2-6-11-15/h1,3-4,7-9,13,15H,2,5-6,10-12H2. The summed E-state index contributed by atoms with van der Waals surface area (Å²) < 4.78 is 6.12. The van der Waals surface area contributed by atoms with Gasteiger partial charge in [0, 0.05) is 24.2 Å². The molecule has 1 aliphatic carbocycles. The maximum absolute atomic E-state index is 6.12. The summed E-state index contributed by atoms with van der Waals surface area (Å²) in [5.74, 6) is 1.70. The highest BCUT2D eigenvalue weighted by atomic mass is 16.4. The molecular weight excluding hydrogens is 260 g/mol. The first kappa shape index (κ1) is 12.7. The van der Waals surface area contributed by atoms with E-state index in [1.807, 2.05) is 18.2 Å². The molecule has 0 unspecified atom stereocenters. The first-order chi connectivity index (χ1) is 10.4. The lowest BCUT2D eigenvalue weighted by atomic mass is 9.94. The highest BCUT2D eigenvalue weighted by Gasteiger charge is 2.27. The summed E-state index contributed by atoms with van der Waals surface area (Å²) in [7, 11) is 0. The van der Waals surface area contributed by atoms with Crippen molar-refractivity contribution in [3.05, 3.63) is 48.3 Å². The highest BCUT2D eigenvalue weighted by molar-refractivity contribution is 5.59. The Hall–Kier alpha value is -2.03. The zero-order valence-corrected chi connectivity index (χ0v) is 12.2. The normalized spacial score (nSPS) is 18.8. The summed E-state index contributed by atoms with van der Waals surface area (Å²) in [4.78, 5) is 7.02. The van der Waals surface area contributed by atoms with Crippen LogP contribution in [0.1, 0.15) is 37.8 Å². The van der Waals surface area contributed by atoms with Crippen molar-refractivity contribution in [2.45, 2.75) is 44.6 Å². The van der Waals surface area contributed by atoms with E-state index >= 15 is 0 Å². The average Bonchev–Trinajstić information content (AvgIpc) is 3.00. The molecule has 2 heterocycles. The third-order valence-electron chi connectivity index (χ3n) is 4.48. The van der Waals surface area contributed by atoms with Crippen LogP contribution in [0.15, 0.2) is 47.0 Å². The summed E-state index contributed by atoms with van der Waals surface area (Å²) in [6.45, 7) is 0. The van der Waals surface area contributed by atoms with Crippen molar-refractivity contribution in [2.75, 3.05) is 4.90 Å². The van der Waals surface area contributed by atoms with Gasteiger partial charge in [0.05, 0.1) is 0 Å². The van der Waals surface area contributed by atoms with Gasteiger partial charge in [-0.1, -0.05) is 43.5 Å². The summed E-state index contributed by atoms with van der Waals surface area (Å²) in [6.07, 6.45) is 11.8. The fourth-order valence-electron chi connectivity index (χ4n) is 3.37. The predicted molar refractivity (Wildman–Crippen MR) is 84.1 cm³/mol. The molecule has 2 aliphatic rings. The molecule has 0 atom stereocenters. The second-order valence-electron chi connectivity index (χ2n) is 5.92. The Morgan fingerprint density at radius 2 is 1.86 bits per heavy atom. The fraction of sp³-hybridized carbons (Fsp3) is 0.389. The van der Waals surface area contributed by atoms with Crippen LogP contribution in [-0.4, -0.2) is 11.0 Å². The number of aromatic nitrogens is 1. The number of benzene rings is 1. The number of hydrogen-bond donors (Lipinski definition) is 0. The van der Waals surface area contributed by atoms with Gasteiger partial charge in [-0.2, -0.15) is 0 Å². The van der Waals surface area contributed by atoms with Gasteiger partial charge in [0.1, 0.15) is 5.69 Å². The van der Waals surface area contributed by atoms with E-state index in [1.54, 1.807) is 0 Å².